The summed E-state index contributed by atoms with van der Waals surface area (Å²) in [5.41, 5.74) is 1.29. The van der Waals surface area contributed by atoms with Gasteiger partial charge in [-0.25, -0.2) is 9.97 Å². The summed E-state index contributed by atoms with van der Waals surface area (Å²) in [6.45, 7) is 0.888. The lowest BCUT2D eigenvalue weighted by atomic mass is 10.3. The number of fused-ring (bicyclic) bond motifs is 1. The van der Waals surface area contributed by atoms with Gasteiger partial charge in [-0.1, -0.05) is 0 Å². The predicted octanol–water partition coefficient (Wildman–Crippen LogP) is -0.184. The molecule has 17 heavy (non-hydrogen) atoms. The summed E-state index contributed by atoms with van der Waals surface area (Å²) >= 11 is 0. The Balaban J connectivity index is 2.32. The Hall–Kier alpha value is -1.79. The number of hydrogen-bond donors (Lipinski definition) is 2. The van der Waals surface area contributed by atoms with E-state index >= 15 is 0 Å². The fourth-order valence-electron chi connectivity index (χ4n) is 1.60. The topological polar surface area (TPSA) is 82.4 Å². The third-order valence-corrected chi connectivity index (χ3v) is 2.38. The van der Waals surface area contributed by atoms with E-state index in [2.05, 4.69) is 15.0 Å². The normalized spacial score (nSPS) is 10.7. The Kier molecular flexibility index (Phi) is 3.79. The number of anilines is 1. The van der Waals surface area contributed by atoms with Crippen LogP contribution < -0.4 is 4.90 Å². The minimum atomic E-state index is 0.0141. The molecule has 0 aromatic carbocycles. The molecule has 0 saturated carbocycles. The zero-order valence-electron chi connectivity index (χ0n) is 9.32. The predicted molar refractivity (Wildman–Crippen MR) is 63.7 cm³/mol. The molecule has 0 bridgehead atoms. The highest BCUT2D eigenvalue weighted by molar-refractivity contribution is 5.71. The average molecular weight is 234 g/mol. The maximum absolute atomic E-state index is 8.96. The van der Waals surface area contributed by atoms with E-state index in [4.69, 9.17) is 10.2 Å². The van der Waals surface area contributed by atoms with Gasteiger partial charge in [-0.2, -0.15) is 0 Å². The van der Waals surface area contributed by atoms with Crippen LogP contribution in [0, 0.1) is 0 Å². The van der Waals surface area contributed by atoms with Crippen LogP contribution in [0.2, 0.25) is 0 Å². The Morgan fingerprint density at radius 3 is 2.41 bits per heavy atom. The molecule has 2 aromatic rings. The summed E-state index contributed by atoms with van der Waals surface area (Å²) in [6.07, 6.45) is 3.20. The van der Waals surface area contributed by atoms with Crippen LogP contribution in [-0.4, -0.2) is 51.5 Å². The van der Waals surface area contributed by atoms with E-state index < -0.39 is 0 Å². The van der Waals surface area contributed by atoms with Gasteiger partial charge in [0.05, 0.1) is 13.2 Å². The van der Waals surface area contributed by atoms with Crippen molar-refractivity contribution in [3.63, 3.8) is 0 Å². The quantitative estimate of drug-likeness (QED) is 0.746. The molecule has 2 rings (SSSR count). The number of aliphatic hydroxyl groups is 2. The second-order valence-corrected chi connectivity index (χ2v) is 3.50. The molecule has 6 nitrogen and oxygen atoms in total. The fraction of sp³-hybridized carbons (Fsp3) is 0.364. The first-order chi connectivity index (χ1) is 8.35. The molecule has 0 unspecified atom stereocenters. The van der Waals surface area contributed by atoms with E-state index in [1.54, 1.807) is 17.3 Å². The van der Waals surface area contributed by atoms with Crippen molar-refractivity contribution >= 4 is 17.0 Å². The van der Waals surface area contributed by atoms with Gasteiger partial charge >= 0.3 is 0 Å². The molecule has 0 aliphatic heterocycles. The van der Waals surface area contributed by atoms with Gasteiger partial charge < -0.3 is 15.1 Å². The van der Waals surface area contributed by atoms with Crippen molar-refractivity contribution < 1.29 is 10.2 Å². The van der Waals surface area contributed by atoms with Crippen LogP contribution in [0.15, 0.2) is 24.5 Å². The smallest absolute Gasteiger partial charge is 0.180 e. The van der Waals surface area contributed by atoms with E-state index in [0.29, 0.717) is 24.6 Å². The molecule has 2 N–H and O–H groups in total. The number of nitrogens with zero attached hydrogens (tertiary/aromatic N) is 4. The third kappa shape index (κ3) is 2.66. The Morgan fingerprint density at radius 2 is 1.71 bits per heavy atom. The average Bonchev–Trinajstić information content (AvgIpc) is 2.38. The van der Waals surface area contributed by atoms with Crippen molar-refractivity contribution in [1.29, 1.82) is 0 Å². The van der Waals surface area contributed by atoms with Crippen LogP contribution in [0.3, 0.4) is 0 Å². The van der Waals surface area contributed by atoms with Crippen molar-refractivity contribution in [2.24, 2.45) is 0 Å². The molecule has 0 fully saturated rings. The molecule has 0 atom stereocenters. The third-order valence-electron chi connectivity index (χ3n) is 2.38. The minimum Gasteiger partial charge on any atom is -0.395 e. The van der Waals surface area contributed by atoms with Crippen LogP contribution in [0.25, 0.3) is 11.2 Å². The molecular weight excluding hydrogens is 220 g/mol. The summed E-state index contributed by atoms with van der Waals surface area (Å²) in [6, 6.07) is 3.63. The highest BCUT2D eigenvalue weighted by atomic mass is 16.3. The largest absolute Gasteiger partial charge is 0.395 e. The molecule has 0 saturated heterocycles. The van der Waals surface area contributed by atoms with Crippen LogP contribution in [0.4, 0.5) is 5.82 Å². The van der Waals surface area contributed by atoms with E-state index in [9.17, 15) is 0 Å². The monoisotopic (exact) mass is 234 g/mol. The molecule has 90 valence electrons. The summed E-state index contributed by atoms with van der Waals surface area (Å²) in [5.74, 6) is 0.682. The molecule has 2 aromatic heterocycles. The van der Waals surface area contributed by atoms with E-state index in [1.807, 2.05) is 12.1 Å². The van der Waals surface area contributed by atoms with Crippen LogP contribution in [-0.2, 0) is 0 Å². The van der Waals surface area contributed by atoms with Crippen LogP contribution >= 0.6 is 0 Å². The second kappa shape index (κ2) is 5.51. The summed E-state index contributed by atoms with van der Waals surface area (Å²) in [5, 5.41) is 17.9. The van der Waals surface area contributed by atoms with Crippen molar-refractivity contribution in [3.8, 4) is 0 Å². The maximum Gasteiger partial charge on any atom is 0.180 e. The molecule has 0 aliphatic rings. The van der Waals surface area contributed by atoms with Crippen molar-refractivity contribution in [2.45, 2.75) is 0 Å². The first-order valence-corrected chi connectivity index (χ1v) is 5.39. The van der Waals surface area contributed by atoms with Crippen LogP contribution in [0.5, 0.6) is 0 Å². The highest BCUT2D eigenvalue weighted by Gasteiger charge is 2.08. The number of rotatable bonds is 5. The standard InChI is InChI=1S/C11H14N4O2/c16-7-5-15(6-8-17)10-2-1-9-11(14-10)13-4-3-12-9/h1-4,16-17H,5-8H2. The molecule has 2 heterocycles. The molecule has 0 spiro atoms. The molecule has 0 radical (unpaired) electrons. The van der Waals surface area contributed by atoms with Gasteiger partial charge in [-0.3, -0.25) is 4.98 Å². The van der Waals surface area contributed by atoms with E-state index in [1.165, 1.54) is 0 Å². The van der Waals surface area contributed by atoms with Gasteiger partial charge in [0.15, 0.2) is 5.65 Å². The second-order valence-electron chi connectivity index (χ2n) is 3.50. The zero-order chi connectivity index (χ0) is 12.1. The Morgan fingerprint density at radius 1 is 1.00 bits per heavy atom. The molecule has 6 heteroatoms. The molecule has 0 aliphatic carbocycles. The van der Waals surface area contributed by atoms with Crippen molar-refractivity contribution in [2.75, 3.05) is 31.2 Å². The Labute approximate surface area is 98.6 Å². The van der Waals surface area contributed by atoms with Crippen molar-refractivity contribution in [1.82, 2.24) is 15.0 Å². The van der Waals surface area contributed by atoms with Gasteiger partial charge in [0.25, 0.3) is 0 Å². The van der Waals surface area contributed by atoms with Gasteiger partial charge in [0.2, 0.25) is 0 Å². The highest BCUT2D eigenvalue weighted by Crippen LogP contribution is 2.14. The van der Waals surface area contributed by atoms with E-state index in [0.717, 1.165) is 5.52 Å². The lowest BCUT2D eigenvalue weighted by Crippen LogP contribution is -2.30. The lowest BCUT2D eigenvalue weighted by molar-refractivity contribution is 0.280. The van der Waals surface area contributed by atoms with Crippen molar-refractivity contribution in [3.05, 3.63) is 24.5 Å². The van der Waals surface area contributed by atoms with E-state index in [-0.39, 0.29) is 13.2 Å². The first kappa shape index (κ1) is 11.7. The lowest BCUT2D eigenvalue weighted by Gasteiger charge is -2.21. The summed E-state index contributed by atoms with van der Waals surface area (Å²) in [4.78, 5) is 14.4. The number of aromatic nitrogens is 3. The summed E-state index contributed by atoms with van der Waals surface area (Å²) < 4.78 is 0. The Bertz CT molecular complexity index is 486. The van der Waals surface area contributed by atoms with Gasteiger partial charge in [0.1, 0.15) is 11.3 Å². The molecule has 0 amide bonds. The van der Waals surface area contributed by atoms with Gasteiger partial charge in [0, 0.05) is 25.5 Å². The number of hydrogen-bond acceptors (Lipinski definition) is 6. The SMILES string of the molecule is OCCN(CCO)c1ccc2nccnc2n1. The fourth-order valence-corrected chi connectivity index (χ4v) is 1.60. The maximum atomic E-state index is 8.96. The molecular formula is C11H14N4O2. The van der Waals surface area contributed by atoms with Crippen LogP contribution in [0.1, 0.15) is 0 Å². The summed E-state index contributed by atoms with van der Waals surface area (Å²) in [7, 11) is 0. The number of pyridine rings is 1. The first-order valence-electron chi connectivity index (χ1n) is 5.39. The minimum absolute atomic E-state index is 0.0141. The number of aliphatic hydroxyl groups excluding tert-OH is 2. The zero-order valence-corrected chi connectivity index (χ0v) is 9.32. The van der Waals surface area contributed by atoms with Gasteiger partial charge in [-0.15, -0.1) is 0 Å². The van der Waals surface area contributed by atoms with Gasteiger partial charge in [-0.05, 0) is 12.1 Å².